The number of ether oxygens (including phenoxy) is 2. The van der Waals surface area contributed by atoms with Crippen molar-refractivity contribution < 1.29 is 63.0 Å². The second-order valence-electron chi connectivity index (χ2n) is 11.4. The van der Waals surface area contributed by atoms with Gasteiger partial charge in [-0.3, -0.25) is 0 Å². The summed E-state index contributed by atoms with van der Waals surface area (Å²) < 4.78 is 138. The lowest BCUT2D eigenvalue weighted by molar-refractivity contribution is -0.284. The van der Waals surface area contributed by atoms with Crippen LogP contribution in [0.5, 0.6) is 0 Å². The van der Waals surface area contributed by atoms with Crippen LogP contribution in [-0.4, -0.2) is 42.2 Å². The van der Waals surface area contributed by atoms with Crippen LogP contribution in [0.15, 0.2) is 23.5 Å². The maximum absolute atomic E-state index is 13.5. The van der Waals surface area contributed by atoms with Crippen LogP contribution in [0.1, 0.15) is 58.8 Å². The molecule has 4 rings (SSSR count). The van der Waals surface area contributed by atoms with Crippen LogP contribution in [-0.2, 0) is 19.1 Å². The number of halogens is 10. The van der Waals surface area contributed by atoms with Crippen molar-refractivity contribution in [1.29, 1.82) is 0 Å². The van der Waals surface area contributed by atoms with E-state index in [-0.39, 0.29) is 30.6 Å². The van der Waals surface area contributed by atoms with E-state index in [2.05, 4.69) is 4.74 Å². The van der Waals surface area contributed by atoms with Crippen LogP contribution in [0.4, 0.5) is 43.9 Å². The highest BCUT2D eigenvalue weighted by atomic mass is 19.4. The number of carbonyl (C=O) groups excluding carboxylic acids is 2. The molecular weight excluding hydrogens is 554 g/mol. The Kier molecular flexibility index (Phi) is 6.94. The van der Waals surface area contributed by atoms with Crippen molar-refractivity contribution in [3.8, 4) is 0 Å². The van der Waals surface area contributed by atoms with Crippen molar-refractivity contribution in [2.75, 3.05) is 0 Å². The van der Waals surface area contributed by atoms with Gasteiger partial charge in [-0.1, -0.05) is 19.4 Å². The number of rotatable bonds is 4. The van der Waals surface area contributed by atoms with Crippen molar-refractivity contribution in [2.24, 2.45) is 28.6 Å². The monoisotopic (exact) mass is 580 g/mol. The van der Waals surface area contributed by atoms with E-state index in [0.717, 1.165) is 0 Å². The first-order valence-corrected chi connectivity index (χ1v) is 12.4. The number of hydrogen-bond acceptors (Lipinski definition) is 4. The summed E-state index contributed by atoms with van der Waals surface area (Å²) in [5.74, 6) is -17.3. The van der Waals surface area contributed by atoms with Gasteiger partial charge < -0.3 is 9.47 Å². The molecule has 0 aromatic carbocycles. The summed E-state index contributed by atoms with van der Waals surface area (Å²) in [6.45, 7) is 3.62. The summed E-state index contributed by atoms with van der Waals surface area (Å²) in [7, 11) is 0. The van der Waals surface area contributed by atoms with Gasteiger partial charge in [0.25, 0.3) is 0 Å². The third kappa shape index (κ3) is 4.62. The molecule has 4 aliphatic carbocycles. The Labute approximate surface area is 216 Å². The lowest BCUT2D eigenvalue weighted by Crippen LogP contribution is -2.52. The van der Waals surface area contributed by atoms with Crippen LogP contribution >= 0.6 is 0 Å². The Bertz CT molecular complexity index is 1090. The maximum atomic E-state index is 13.5. The average molecular weight is 580 g/mol. The standard InChI is InChI=1S/C25H26F10O4/c1-20-9-7-13(38-18(36)22(26,27)24(30,31)32)11-12(20)3-4-14-15-5-6-17(21(15,2)10-8-16(14)20)39-19(37)23(28,29)25(33,34)35/h7,11,14-17H,3-6,8-10H2,1-2H3/t14?,15?,16?,17-,20?,21?/m0/s1. The van der Waals surface area contributed by atoms with Gasteiger partial charge in [-0.25, -0.2) is 9.59 Å². The zero-order valence-corrected chi connectivity index (χ0v) is 20.8. The summed E-state index contributed by atoms with van der Waals surface area (Å²) in [6, 6.07) is 0. The molecule has 14 heteroatoms. The molecule has 0 N–H and O–H groups in total. The fraction of sp³-hybridized carbons (Fsp3) is 0.760. The second-order valence-corrected chi connectivity index (χ2v) is 11.4. The van der Waals surface area contributed by atoms with Gasteiger partial charge in [0.15, 0.2) is 0 Å². The van der Waals surface area contributed by atoms with E-state index in [0.29, 0.717) is 37.7 Å². The van der Waals surface area contributed by atoms with Gasteiger partial charge in [-0.2, -0.15) is 43.9 Å². The third-order valence-corrected chi connectivity index (χ3v) is 9.38. The van der Waals surface area contributed by atoms with Crippen molar-refractivity contribution >= 4 is 11.9 Å². The van der Waals surface area contributed by atoms with Crippen LogP contribution < -0.4 is 0 Å². The highest BCUT2D eigenvalue weighted by Crippen LogP contribution is 2.65. The highest BCUT2D eigenvalue weighted by molar-refractivity contribution is 5.80. The Morgan fingerprint density at radius 2 is 1.41 bits per heavy atom. The first kappa shape index (κ1) is 29.7. The molecule has 39 heavy (non-hydrogen) atoms. The number of allylic oxidation sites excluding steroid dienone is 3. The molecule has 3 saturated carbocycles. The molecule has 6 atom stereocenters. The molecule has 5 unspecified atom stereocenters. The van der Waals surface area contributed by atoms with Gasteiger partial charge in [-0.15, -0.1) is 0 Å². The molecule has 4 nitrogen and oxygen atoms in total. The number of carbonyl (C=O) groups is 2. The van der Waals surface area contributed by atoms with E-state index in [1.807, 2.05) is 6.92 Å². The molecule has 0 radical (unpaired) electrons. The van der Waals surface area contributed by atoms with Gasteiger partial charge in [0.2, 0.25) is 0 Å². The Hall–Kier alpha value is -2.28. The zero-order valence-electron chi connectivity index (χ0n) is 20.8. The van der Waals surface area contributed by atoms with Gasteiger partial charge in [-0.05, 0) is 80.3 Å². The average Bonchev–Trinajstić information content (AvgIpc) is 3.13. The molecule has 3 fully saturated rings. The first-order chi connectivity index (χ1) is 17.7. The Morgan fingerprint density at radius 3 is 2.00 bits per heavy atom. The fourth-order valence-electron chi connectivity index (χ4n) is 7.21. The molecule has 0 aromatic rings. The zero-order chi connectivity index (χ0) is 29.4. The van der Waals surface area contributed by atoms with E-state index in [1.54, 1.807) is 6.92 Å². The normalized spacial score (nSPS) is 35.2. The lowest BCUT2D eigenvalue weighted by atomic mass is 9.48. The number of fused-ring (bicyclic) bond motifs is 5. The third-order valence-electron chi connectivity index (χ3n) is 9.38. The predicted octanol–water partition coefficient (Wildman–Crippen LogP) is 7.29. The largest absolute Gasteiger partial charge is 0.465 e. The predicted molar refractivity (Wildman–Crippen MR) is 113 cm³/mol. The smallest absolute Gasteiger partial charge is 0.457 e. The van der Waals surface area contributed by atoms with Gasteiger partial charge in [0.1, 0.15) is 11.9 Å². The summed E-state index contributed by atoms with van der Waals surface area (Å²) >= 11 is 0. The van der Waals surface area contributed by atoms with E-state index in [9.17, 15) is 53.5 Å². The van der Waals surface area contributed by atoms with Crippen LogP contribution in [0.3, 0.4) is 0 Å². The van der Waals surface area contributed by atoms with Crippen LogP contribution in [0.25, 0.3) is 0 Å². The van der Waals surface area contributed by atoms with E-state index < -0.39 is 58.8 Å². The Balaban J connectivity index is 1.48. The molecular formula is C25H26F10O4. The molecule has 0 heterocycles. The summed E-state index contributed by atoms with van der Waals surface area (Å²) in [6.07, 6.45) is -8.23. The molecule has 0 aliphatic heterocycles. The number of esters is 2. The summed E-state index contributed by atoms with van der Waals surface area (Å²) in [5.41, 5.74) is -0.686. The highest BCUT2D eigenvalue weighted by Gasteiger charge is 2.67. The number of hydrogen-bond donors (Lipinski definition) is 0. The summed E-state index contributed by atoms with van der Waals surface area (Å²) in [4.78, 5) is 23.3. The van der Waals surface area contributed by atoms with Gasteiger partial charge in [0, 0.05) is 5.41 Å². The molecule has 0 amide bonds. The molecule has 0 bridgehead atoms. The quantitative estimate of drug-likeness (QED) is 0.259. The van der Waals surface area contributed by atoms with Gasteiger partial charge >= 0.3 is 36.1 Å². The number of alkyl halides is 10. The SMILES string of the molecule is CC12CC=C(OC(=O)C(F)(F)C(F)(F)F)C=C1CCC1C2CCC2(C)C1CC[C@@H]2OC(=O)C(F)(F)C(F)(F)F. The van der Waals surface area contributed by atoms with E-state index in [1.165, 1.54) is 12.2 Å². The van der Waals surface area contributed by atoms with E-state index >= 15 is 0 Å². The van der Waals surface area contributed by atoms with Crippen LogP contribution in [0, 0.1) is 28.6 Å². The minimum absolute atomic E-state index is 0.0233. The molecule has 0 spiro atoms. The van der Waals surface area contributed by atoms with Crippen LogP contribution in [0.2, 0.25) is 0 Å². The topological polar surface area (TPSA) is 52.6 Å². The van der Waals surface area contributed by atoms with Crippen molar-refractivity contribution in [3.63, 3.8) is 0 Å². The fourth-order valence-corrected chi connectivity index (χ4v) is 7.21. The van der Waals surface area contributed by atoms with E-state index in [4.69, 9.17) is 4.74 Å². The minimum Gasteiger partial charge on any atom is -0.457 e. The van der Waals surface area contributed by atoms with Crippen molar-refractivity contribution in [1.82, 2.24) is 0 Å². The second kappa shape index (κ2) is 9.12. The lowest BCUT2D eigenvalue weighted by Gasteiger charge is -2.57. The molecule has 0 aromatic heterocycles. The Morgan fingerprint density at radius 1 is 0.821 bits per heavy atom. The summed E-state index contributed by atoms with van der Waals surface area (Å²) in [5, 5.41) is 0. The molecule has 0 saturated heterocycles. The minimum atomic E-state index is -6.11. The molecule has 4 aliphatic rings. The van der Waals surface area contributed by atoms with Gasteiger partial charge in [0.05, 0.1) is 0 Å². The van der Waals surface area contributed by atoms with Crippen molar-refractivity contribution in [2.45, 2.75) is 89.1 Å². The van der Waals surface area contributed by atoms with Crippen molar-refractivity contribution in [3.05, 3.63) is 23.5 Å². The first-order valence-electron chi connectivity index (χ1n) is 12.4. The maximum Gasteiger partial charge on any atom is 0.465 e. The molecule has 220 valence electrons.